The maximum Gasteiger partial charge on any atom is 0.195 e. The van der Waals surface area contributed by atoms with Crippen LogP contribution >= 0.6 is 11.6 Å². The average molecular weight is 319 g/mol. The van der Waals surface area contributed by atoms with Gasteiger partial charge in [0.05, 0.1) is 10.7 Å². The van der Waals surface area contributed by atoms with Crippen molar-refractivity contribution < 1.29 is 9.13 Å². The molecular formula is C17H16ClFN2O. The van der Waals surface area contributed by atoms with Gasteiger partial charge >= 0.3 is 0 Å². The molecule has 0 spiro atoms. The number of rotatable bonds is 1. The highest BCUT2D eigenvalue weighted by molar-refractivity contribution is 6.31. The van der Waals surface area contributed by atoms with Crippen LogP contribution in [-0.2, 0) is 0 Å². The Kier molecular flexibility index (Phi) is 3.44. The number of nitrogens with zero attached hydrogens (tertiary/aromatic N) is 2. The highest BCUT2D eigenvalue weighted by atomic mass is 35.5. The van der Waals surface area contributed by atoms with E-state index in [1.54, 1.807) is 26.1 Å². The zero-order chi connectivity index (χ0) is 16.1. The maximum atomic E-state index is 14.3. The molecule has 0 N–H and O–H groups in total. The van der Waals surface area contributed by atoms with Crippen molar-refractivity contribution >= 4 is 17.3 Å². The van der Waals surface area contributed by atoms with E-state index in [9.17, 15) is 4.39 Å². The second-order valence-corrected chi connectivity index (χ2v) is 6.28. The third-order valence-corrected chi connectivity index (χ3v) is 3.94. The molecule has 22 heavy (non-hydrogen) atoms. The van der Waals surface area contributed by atoms with Gasteiger partial charge in [-0.1, -0.05) is 11.6 Å². The van der Waals surface area contributed by atoms with Gasteiger partial charge in [0.1, 0.15) is 0 Å². The molecule has 1 aromatic heterocycles. The van der Waals surface area contributed by atoms with E-state index in [-0.39, 0.29) is 10.8 Å². The molecule has 0 aliphatic carbocycles. The minimum atomic E-state index is -0.868. The third-order valence-electron chi connectivity index (χ3n) is 3.65. The summed E-state index contributed by atoms with van der Waals surface area (Å²) in [6.07, 6.45) is 1.75. The summed E-state index contributed by atoms with van der Waals surface area (Å²) in [5, 5.41) is 0.0361. The van der Waals surface area contributed by atoms with Gasteiger partial charge in [-0.3, -0.25) is 4.98 Å². The predicted molar refractivity (Wildman–Crippen MR) is 85.5 cm³/mol. The number of hydrogen-bond acceptors (Lipinski definition) is 3. The van der Waals surface area contributed by atoms with Crippen molar-refractivity contribution in [2.24, 2.45) is 4.99 Å². The molecule has 0 fully saturated rings. The molecule has 1 aliphatic rings. The van der Waals surface area contributed by atoms with E-state index in [0.717, 1.165) is 16.8 Å². The molecule has 2 heterocycles. The second-order valence-electron chi connectivity index (χ2n) is 5.87. The molecule has 0 radical (unpaired) electrons. The molecule has 2 aromatic rings. The Balaban J connectivity index is 2.24. The molecule has 1 aliphatic heterocycles. The summed E-state index contributed by atoms with van der Waals surface area (Å²) in [6, 6.07) is 5.24. The first kappa shape index (κ1) is 15.0. The number of pyridine rings is 1. The number of halogens is 2. The molecule has 0 saturated carbocycles. The Labute approximate surface area is 133 Å². The summed E-state index contributed by atoms with van der Waals surface area (Å²) in [5.74, 6) is -0.419. The number of aliphatic imine (C=N–C) groups is 1. The predicted octanol–water partition coefficient (Wildman–Crippen LogP) is 4.46. The minimum Gasteiger partial charge on any atom is -0.463 e. The van der Waals surface area contributed by atoms with Gasteiger partial charge in [-0.15, -0.1) is 0 Å². The van der Waals surface area contributed by atoms with Gasteiger partial charge in [0.2, 0.25) is 0 Å². The van der Waals surface area contributed by atoms with Crippen LogP contribution in [0, 0.1) is 19.7 Å². The molecule has 0 saturated heterocycles. The second kappa shape index (κ2) is 5.06. The standard InChI is InChI=1S/C17H16ClFN2O/c1-9-7-11(8-20-10(9)2)15-12-5-6-13(18)14(19)16(12)22-17(3,4)21-15/h5-8H,1-4H3. The van der Waals surface area contributed by atoms with Crippen LogP contribution in [0.4, 0.5) is 4.39 Å². The quantitative estimate of drug-likeness (QED) is 0.778. The van der Waals surface area contributed by atoms with Crippen LogP contribution in [0.15, 0.2) is 29.4 Å². The first-order valence-corrected chi connectivity index (χ1v) is 7.37. The Morgan fingerprint density at radius 2 is 1.95 bits per heavy atom. The average Bonchev–Trinajstić information content (AvgIpc) is 2.45. The molecule has 0 atom stereocenters. The van der Waals surface area contributed by atoms with E-state index in [1.807, 2.05) is 19.9 Å². The number of fused-ring (bicyclic) bond motifs is 1. The molecule has 3 nitrogen and oxygen atoms in total. The zero-order valence-corrected chi connectivity index (χ0v) is 13.6. The smallest absolute Gasteiger partial charge is 0.195 e. The van der Waals surface area contributed by atoms with Crippen molar-refractivity contribution in [3.05, 3.63) is 57.6 Å². The van der Waals surface area contributed by atoms with Gasteiger partial charge in [0.25, 0.3) is 0 Å². The normalized spacial score (nSPS) is 15.8. The summed E-state index contributed by atoms with van der Waals surface area (Å²) in [6.45, 7) is 7.50. The Hall–Kier alpha value is -1.94. The molecule has 114 valence electrons. The van der Waals surface area contributed by atoms with Gasteiger partial charge < -0.3 is 4.74 Å². The lowest BCUT2D eigenvalue weighted by Crippen LogP contribution is -2.33. The third kappa shape index (κ3) is 2.48. The highest BCUT2D eigenvalue weighted by Crippen LogP contribution is 2.37. The fraction of sp³-hybridized carbons (Fsp3) is 0.294. The summed E-state index contributed by atoms with van der Waals surface area (Å²) in [4.78, 5) is 8.99. The summed E-state index contributed by atoms with van der Waals surface area (Å²) < 4.78 is 20.0. The van der Waals surface area contributed by atoms with Crippen LogP contribution < -0.4 is 4.74 Å². The summed E-state index contributed by atoms with van der Waals surface area (Å²) in [7, 11) is 0. The number of benzene rings is 1. The van der Waals surface area contributed by atoms with Gasteiger partial charge in [-0.2, -0.15) is 0 Å². The van der Waals surface area contributed by atoms with E-state index < -0.39 is 11.5 Å². The van der Waals surface area contributed by atoms with E-state index in [2.05, 4.69) is 9.98 Å². The van der Waals surface area contributed by atoms with Crippen molar-refractivity contribution in [1.29, 1.82) is 0 Å². The van der Waals surface area contributed by atoms with Crippen LogP contribution in [0.5, 0.6) is 5.75 Å². The molecule has 0 unspecified atom stereocenters. The lowest BCUT2D eigenvalue weighted by molar-refractivity contribution is 0.109. The molecule has 5 heteroatoms. The minimum absolute atomic E-state index is 0.0361. The first-order valence-electron chi connectivity index (χ1n) is 6.99. The topological polar surface area (TPSA) is 34.5 Å². The maximum absolute atomic E-state index is 14.3. The van der Waals surface area contributed by atoms with Gasteiger partial charge in [0, 0.05) is 23.0 Å². The number of ether oxygens (including phenoxy) is 1. The lowest BCUT2D eigenvalue weighted by Gasteiger charge is -2.30. The Morgan fingerprint density at radius 1 is 1.23 bits per heavy atom. The molecule has 0 bridgehead atoms. The molecule has 3 rings (SSSR count). The van der Waals surface area contributed by atoms with E-state index in [4.69, 9.17) is 16.3 Å². The lowest BCUT2D eigenvalue weighted by atomic mass is 9.98. The number of aromatic nitrogens is 1. The van der Waals surface area contributed by atoms with Crippen LogP contribution in [0.25, 0.3) is 0 Å². The van der Waals surface area contributed by atoms with Crippen LogP contribution in [0.3, 0.4) is 0 Å². The van der Waals surface area contributed by atoms with Crippen molar-refractivity contribution in [3.8, 4) is 5.75 Å². The fourth-order valence-corrected chi connectivity index (χ4v) is 2.56. The first-order chi connectivity index (χ1) is 10.3. The van der Waals surface area contributed by atoms with E-state index in [0.29, 0.717) is 11.3 Å². The van der Waals surface area contributed by atoms with E-state index in [1.165, 1.54) is 6.07 Å². The molecule has 0 amide bonds. The Bertz CT molecular complexity index is 799. The van der Waals surface area contributed by atoms with Gasteiger partial charge in [0.15, 0.2) is 17.3 Å². The van der Waals surface area contributed by atoms with Gasteiger partial charge in [-0.05, 0) is 51.5 Å². The summed E-state index contributed by atoms with van der Waals surface area (Å²) in [5.41, 5.74) is 3.23. The van der Waals surface area contributed by atoms with E-state index >= 15 is 0 Å². The van der Waals surface area contributed by atoms with Crippen LogP contribution in [0.1, 0.15) is 36.2 Å². The zero-order valence-electron chi connectivity index (χ0n) is 12.9. The highest BCUT2D eigenvalue weighted by Gasteiger charge is 2.32. The Morgan fingerprint density at radius 3 is 2.64 bits per heavy atom. The number of hydrogen-bond donors (Lipinski definition) is 0. The number of aryl methyl sites for hydroxylation is 2. The van der Waals surface area contributed by atoms with Gasteiger partial charge in [-0.25, -0.2) is 9.38 Å². The van der Waals surface area contributed by atoms with Crippen molar-refractivity contribution in [2.75, 3.05) is 0 Å². The molecular weight excluding hydrogens is 303 g/mol. The van der Waals surface area contributed by atoms with Crippen LogP contribution in [0.2, 0.25) is 5.02 Å². The largest absolute Gasteiger partial charge is 0.463 e. The molecule has 1 aromatic carbocycles. The van der Waals surface area contributed by atoms with Crippen molar-refractivity contribution in [2.45, 2.75) is 33.4 Å². The van der Waals surface area contributed by atoms with Crippen molar-refractivity contribution in [1.82, 2.24) is 4.98 Å². The monoisotopic (exact) mass is 318 g/mol. The van der Waals surface area contributed by atoms with Crippen molar-refractivity contribution in [3.63, 3.8) is 0 Å². The summed E-state index contributed by atoms with van der Waals surface area (Å²) >= 11 is 5.87. The SMILES string of the molecule is Cc1cc(C2=NC(C)(C)Oc3c2ccc(Cl)c3F)cnc1C. The fourth-order valence-electron chi connectivity index (χ4n) is 2.41. The van der Waals surface area contributed by atoms with Crippen LogP contribution in [-0.4, -0.2) is 16.4 Å².